The van der Waals surface area contributed by atoms with Crippen molar-refractivity contribution >= 4 is 9.84 Å². The summed E-state index contributed by atoms with van der Waals surface area (Å²) in [6.07, 6.45) is 1.20. The summed E-state index contributed by atoms with van der Waals surface area (Å²) in [7, 11) is -3.16. The Morgan fingerprint density at radius 1 is 0.900 bits per heavy atom. The van der Waals surface area contributed by atoms with Crippen LogP contribution in [0.4, 0.5) is 0 Å². The van der Waals surface area contributed by atoms with E-state index in [0.29, 0.717) is 4.90 Å². The second-order valence-electron chi connectivity index (χ2n) is 5.24. The van der Waals surface area contributed by atoms with Crippen LogP contribution in [0.25, 0.3) is 0 Å². The second-order valence-corrected chi connectivity index (χ2v) is 7.26. The van der Waals surface area contributed by atoms with E-state index in [1.54, 1.807) is 24.3 Å². The Labute approximate surface area is 120 Å². The molecule has 2 rings (SSSR count). The van der Waals surface area contributed by atoms with Crippen LogP contribution >= 0.6 is 0 Å². The zero-order valence-electron chi connectivity index (χ0n) is 11.9. The fraction of sp³-hybridized carbons (Fsp3) is 0.250. The van der Waals surface area contributed by atoms with E-state index in [1.807, 2.05) is 13.8 Å². The molecule has 3 nitrogen and oxygen atoms in total. The highest BCUT2D eigenvalue weighted by atomic mass is 32.2. The lowest BCUT2D eigenvalue weighted by atomic mass is 9.96. The van der Waals surface area contributed by atoms with Crippen LogP contribution in [0.2, 0.25) is 0 Å². The molecule has 0 aliphatic carbocycles. The molecule has 0 aliphatic heterocycles. The summed E-state index contributed by atoms with van der Waals surface area (Å²) in [5.41, 5.74) is 10.5. The van der Waals surface area contributed by atoms with Gasteiger partial charge in [0.2, 0.25) is 0 Å². The molecular formula is C16H19NO2S. The predicted octanol–water partition coefficient (Wildman–Crippen LogP) is 2.76. The van der Waals surface area contributed by atoms with Gasteiger partial charge >= 0.3 is 0 Å². The topological polar surface area (TPSA) is 60.2 Å². The molecule has 106 valence electrons. The van der Waals surface area contributed by atoms with Gasteiger partial charge in [0.1, 0.15) is 0 Å². The normalized spacial score (nSPS) is 13.2. The Kier molecular flexibility index (Phi) is 3.97. The monoisotopic (exact) mass is 289 g/mol. The molecule has 0 bridgehead atoms. The summed E-state index contributed by atoms with van der Waals surface area (Å²) in [5, 5.41) is 0. The van der Waals surface area contributed by atoms with Gasteiger partial charge in [-0.3, -0.25) is 0 Å². The van der Waals surface area contributed by atoms with Crippen LogP contribution in [0.1, 0.15) is 28.3 Å². The number of benzene rings is 2. The first kappa shape index (κ1) is 14.8. The zero-order valence-corrected chi connectivity index (χ0v) is 12.7. The van der Waals surface area contributed by atoms with E-state index in [0.717, 1.165) is 11.1 Å². The summed E-state index contributed by atoms with van der Waals surface area (Å²) in [5.74, 6) is 0. The van der Waals surface area contributed by atoms with Crippen molar-refractivity contribution < 1.29 is 8.42 Å². The minimum Gasteiger partial charge on any atom is -0.320 e. The molecule has 0 heterocycles. The van der Waals surface area contributed by atoms with E-state index < -0.39 is 9.84 Å². The van der Waals surface area contributed by atoms with E-state index in [-0.39, 0.29) is 6.04 Å². The summed E-state index contributed by atoms with van der Waals surface area (Å²) < 4.78 is 22.9. The lowest BCUT2D eigenvalue weighted by Gasteiger charge is -2.14. The summed E-state index contributed by atoms with van der Waals surface area (Å²) >= 11 is 0. The van der Waals surface area contributed by atoms with Crippen molar-refractivity contribution in [1.82, 2.24) is 0 Å². The maximum Gasteiger partial charge on any atom is 0.175 e. The molecule has 2 aromatic rings. The van der Waals surface area contributed by atoms with Crippen LogP contribution in [0.3, 0.4) is 0 Å². The van der Waals surface area contributed by atoms with Gasteiger partial charge in [0.05, 0.1) is 10.9 Å². The molecule has 1 unspecified atom stereocenters. The van der Waals surface area contributed by atoms with Gasteiger partial charge in [-0.25, -0.2) is 8.42 Å². The first-order valence-electron chi connectivity index (χ1n) is 6.41. The molecule has 0 saturated heterocycles. The zero-order chi connectivity index (χ0) is 14.9. The van der Waals surface area contributed by atoms with Crippen molar-refractivity contribution in [3.05, 3.63) is 64.7 Å². The van der Waals surface area contributed by atoms with Gasteiger partial charge in [0.15, 0.2) is 9.84 Å². The van der Waals surface area contributed by atoms with Crippen molar-refractivity contribution in [1.29, 1.82) is 0 Å². The molecule has 0 aliphatic rings. The molecule has 2 N–H and O–H groups in total. The summed E-state index contributed by atoms with van der Waals surface area (Å²) in [6, 6.07) is 12.7. The molecule has 0 aromatic heterocycles. The van der Waals surface area contributed by atoms with E-state index >= 15 is 0 Å². The Hall–Kier alpha value is -1.65. The fourth-order valence-corrected chi connectivity index (χ4v) is 2.93. The third-order valence-corrected chi connectivity index (χ3v) is 4.40. The highest BCUT2D eigenvalue weighted by Gasteiger charge is 2.12. The fourth-order valence-electron chi connectivity index (χ4n) is 2.30. The Morgan fingerprint density at radius 2 is 1.40 bits per heavy atom. The lowest BCUT2D eigenvalue weighted by molar-refractivity contribution is 0.602. The van der Waals surface area contributed by atoms with Gasteiger partial charge in [-0.1, -0.05) is 41.5 Å². The molecule has 20 heavy (non-hydrogen) atoms. The number of nitrogens with two attached hydrogens (primary N) is 1. The van der Waals surface area contributed by atoms with Gasteiger partial charge in [0.25, 0.3) is 0 Å². The second kappa shape index (κ2) is 5.38. The number of hydrogen-bond donors (Lipinski definition) is 1. The van der Waals surface area contributed by atoms with Crippen LogP contribution in [-0.4, -0.2) is 14.7 Å². The van der Waals surface area contributed by atoms with Gasteiger partial charge in [-0.2, -0.15) is 0 Å². The van der Waals surface area contributed by atoms with E-state index in [4.69, 9.17) is 5.73 Å². The quantitative estimate of drug-likeness (QED) is 0.945. The molecule has 4 heteroatoms. The molecule has 0 saturated carbocycles. The third-order valence-electron chi connectivity index (χ3n) is 3.27. The summed E-state index contributed by atoms with van der Waals surface area (Å²) in [4.78, 5) is 0.314. The average Bonchev–Trinajstić information content (AvgIpc) is 2.36. The van der Waals surface area contributed by atoms with Gasteiger partial charge in [-0.15, -0.1) is 0 Å². The number of rotatable bonds is 3. The van der Waals surface area contributed by atoms with E-state index in [9.17, 15) is 8.42 Å². The smallest absolute Gasteiger partial charge is 0.175 e. The molecule has 0 radical (unpaired) electrons. The molecule has 0 fully saturated rings. The van der Waals surface area contributed by atoms with E-state index in [2.05, 4.69) is 18.2 Å². The minimum absolute atomic E-state index is 0.248. The van der Waals surface area contributed by atoms with Crippen LogP contribution in [0, 0.1) is 13.8 Å². The van der Waals surface area contributed by atoms with Crippen LogP contribution in [-0.2, 0) is 9.84 Å². The molecule has 2 aromatic carbocycles. The van der Waals surface area contributed by atoms with Gasteiger partial charge < -0.3 is 5.73 Å². The Morgan fingerprint density at radius 3 is 1.85 bits per heavy atom. The van der Waals surface area contributed by atoms with Crippen molar-refractivity contribution in [2.24, 2.45) is 5.73 Å². The van der Waals surface area contributed by atoms with Gasteiger partial charge in [-0.05, 0) is 37.1 Å². The first-order valence-corrected chi connectivity index (χ1v) is 8.30. The number of aryl methyl sites for hydroxylation is 2. The Balaban J connectivity index is 2.36. The first-order chi connectivity index (χ1) is 9.27. The third kappa shape index (κ3) is 3.26. The maximum atomic E-state index is 11.4. The lowest BCUT2D eigenvalue weighted by Crippen LogP contribution is -2.12. The maximum absolute atomic E-state index is 11.4. The van der Waals surface area contributed by atoms with Gasteiger partial charge in [0, 0.05) is 6.26 Å². The molecule has 1 atom stereocenters. The SMILES string of the molecule is Cc1cc(C)cc(C(N)c2ccc(S(C)(=O)=O)cc2)c1. The minimum atomic E-state index is -3.16. The number of sulfone groups is 1. The highest BCUT2D eigenvalue weighted by Crippen LogP contribution is 2.23. The average molecular weight is 289 g/mol. The Bertz CT molecular complexity index is 698. The van der Waals surface area contributed by atoms with Crippen molar-refractivity contribution in [3.8, 4) is 0 Å². The molecular weight excluding hydrogens is 270 g/mol. The van der Waals surface area contributed by atoms with Crippen LogP contribution < -0.4 is 5.73 Å². The van der Waals surface area contributed by atoms with E-state index in [1.165, 1.54) is 17.4 Å². The van der Waals surface area contributed by atoms with Crippen LogP contribution in [0.5, 0.6) is 0 Å². The van der Waals surface area contributed by atoms with Crippen molar-refractivity contribution in [2.75, 3.05) is 6.26 Å². The largest absolute Gasteiger partial charge is 0.320 e. The predicted molar refractivity (Wildman–Crippen MR) is 81.5 cm³/mol. The standard InChI is InChI=1S/C16H19NO2S/c1-11-8-12(2)10-14(9-11)16(17)13-4-6-15(7-5-13)20(3,18)19/h4-10,16H,17H2,1-3H3. The van der Waals surface area contributed by atoms with Crippen molar-refractivity contribution in [2.45, 2.75) is 24.8 Å². The van der Waals surface area contributed by atoms with Crippen LogP contribution in [0.15, 0.2) is 47.4 Å². The van der Waals surface area contributed by atoms with Crippen molar-refractivity contribution in [3.63, 3.8) is 0 Å². The molecule has 0 amide bonds. The number of hydrogen-bond acceptors (Lipinski definition) is 3. The molecule has 0 spiro atoms. The summed E-state index contributed by atoms with van der Waals surface area (Å²) in [6.45, 7) is 4.08. The highest BCUT2D eigenvalue weighted by molar-refractivity contribution is 7.90.